The summed E-state index contributed by atoms with van der Waals surface area (Å²) in [6.45, 7) is 13.2. The zero-order valence-electron chi connectivity index (χ0n) is 12.1. The first-order valence-electron chi connectivity index (χ1n) is 7.11. The Morgan fingerprint density at radius 2 is 1.80 bits per heavy atom. The second kappa shape index (κ2) is 6.21. The molecule has 0 aromatic heterocycles. The number of nitrogens with two attached hydrogens (primary N) is 1. The molecule has 0 fully saturated rings. The zero-order valence-corrected chi connectivity index (χ0v) is 12.1. The van der Waals surface area contributed by atoms with E-state index in [-0.39, 0.29) is 11.6 Å². The van der Waals surface area contributed by atoms with Gasteiger partial charge in [-0.1, -0.05) is 42.5 Å². The maximum absolute atomic E-state index is 6.81. The number of hydrogen-bond acceptors (Lipinski definition) is 2. The molecule has 1 aliphatic carbocycles. The fourth-order valence-electron chi connectivity index (χ4n) is 3.32. The van der Waals surface area contributed by atoms with Gasteiger partial charge in [-0.2, -0.15) is 0 Å². The maximum atomic E-state index is 6.81. The van der Waals surface area contributed by atoms with Gasteiger partial charge in [0.15, 0.2) is 0 Å². The van der Waals surface area contributed by atoms with Gasteiger partial charge in [-0.15, -0.1) is 19.7 Å². The summed E-state index contributed by atoms with van der Waals surface area (Å²) in [4.78, 5) is 2.35. The number of nitrogens with zero attached hydrogens (tertiary/aromatic N) is 1. The summed E-state index contributed by atoms with van der Waals surface area (Å²) in [6.07, 6.45) is 7.54. The van der Waals surface area contributed by atoms with Gasteiger partial charge in [0.25, 0.3) is 0 Å². The van der Waals surface area contributed by atoms with Crippen molar-refractivity contribution in [2.75, 3.05) is 13.1 Å². The normalized spacial score (nSPS) is 24.4. The number of rotatable bonds is 7. The van der Waals surface area contributed by atoms with Crippen LogP contribution in [0, 0.1) is 0 Å². The minimum absolute atomic E-state index is 0.258. The Labute approximate surface area is 122 Å². The van der Waals surface area contributed by atoms with E-state index in [0.29, 0.717) is 0 Å². The summed E-state index contributed by atoms with van der Waals surface area (Å²) in [5.74, 6) is 0. The number of hydrogen-bond donors (Lipinski definition) is 1. The van der Waals surface area contributed by atoms with Crippen LogP contribution in [0.5, 0.6) is 0 Å². The molecule has 0 amide bonds. The van der Waals surface area contributed by atoms with Crippen LogP contribution < -0.4 is 5.73 Å². The molecule has 0 bridgehead atoms. The molecule has 0 radical (unpaired) electrons. The van der Waals surface area contributed by atoms with Crippen LogP contribution in [0.25, 0.3) is 0 Å². The molecular weight excluding hydrogens is 244 g/mol. The van der Waals surface area contributed by atoms with Gasteiger partial charge in [0.1, 0.15) is 0 Å². The molecule has 0 saturated heterocycles. The highest BCUT2D eigenvalue weighted by molar-refractivity contribution is 5.42. The van der Waals surface area contributed by atoms with E-state index in [0.717, 1.165) is 25.9 Å². The molecule has 106 valence electrons. The summed E-state index contributed by atoms with van der Waals surface area (Å²) in [5.41, 5.74) is 9.03. The Morgan fingerprint density at radius 1 is 1.15 bits per heavy atom. The monoisotopic (exact) mass is 268 g/mol. The smallest absolute Gasteiger partial charge is 0.0608 e. The van der Waals surface area contributed by atoms with E-state index in [1.807, 2.05) is 18.2 Å². The molecule has 2 atom stereocenters. The van der Waals surface area contributed by atoms with Gasteiger partial charge in [-0.25, -0.2) is 0 Å². The standard InChI is InChI=1S/C18H24N2/c1-4-11-18(19)16-10-8-7-9-15(16)14-17(18)20(12-5-2)13-6-3/h4-10,17H,1-3,11-14,19H2. The highest BCUT2D eigenvalue weighted by Crippen LogP contribution is 2.40. The van der Waals surface area contributed by atoms with Crippen LogP contribution >= 0.6 is 0 Å². The molecule has 2 rings (SSSR count). The van der Waals surface area contributed by atoms with Gasteiger partial charge in [-0.3, -0.25) is 4.90 Å². The van der Waals surface area contributed by atoms with E-state index in [1.54, 1.807) is 0 Å². The van der Waals surface area contributed by atoms with Gasteiger partial charge in [0.05, 0.1) is 5.54 Å². The highest BCUT2D eigenvalue weighted by atomic mass is 15.2. The van der Waals surface area contributed by atoms with Crippen LogP contribution in [-0.4, -0.2) is 24.0 Å². The SMILES string of the molecule is C=CCN(CC=C)C1Cc2ccccc2C1(N)CC=C. The average Bonchev–Trinajstić information content (AvgIpc) is 2.73. The molecule has 20 heavy (non-hydrogen) atoms. The molecule has 1 aromatic carbocycles. The van der Waals surface area contributed by atoms with Crippen molar-refractivity contribution in [3.63, 3.8) is 0 Å². The van der Waals surface area contributed by atoms with Gasteiger partial charge < -0.3 is 5.73 Å². The van der Waals surface area contributed by atoms with Crippen molar-refractivity contribution in [1.82, 2.24) is 4.90 Å². The first-order valence-corrected chi connectivity index (χ1v) is 7.11. The van der Waals surface area contributed by atoms with Gasteiger partial charge in [0.2, 0.25) is 0 Å². The molecule has 1 aromatic rings. The molecule has 0 spiro atoms. The summed E-state index contributed by atoms with van der Waals surface area (Å²) < 4.78 is 0. The quantitative estimate of drug-likeness (QED) is 0.770. The van der Waals surface area contributed by atoms with E-state index in [9.17, 15) is 0 Å². The van der Waals surface area contributed by atoms with Crippen LogP contribution in [0.15, 0.2) is 62.2 Å². The van der Waals surface area contributed by atoms with Crippen molar-refractivity contribution < 1.29 is 0 Å². The summed E-state index contributed by atoms with van der Waals surface area (Å²) in [5, 5.41) is 0. The van der Waals surface area contributed by atoms with Crippen molar-refractivity contribution in [2.45, 2.75) is 24.4 Å². The van der Waals surface area contributed by atoms with Crippen LogP contribution in [0.4, 0.5) is 0 Å². The van der Waals surface area contributed by atoms with E-state index < -0.39 is 0 Å². The average molecular weight is 268 g/mol. The molecule has 0 heterocycles. The molecule has 0 aliphatic heterocycles. The van der Waals surface area contributed by atoms with Gasteiger partial charge in [-0.05, 0) is 24.0 Å². The Kier molecular flexibility index (Phi) is 4.58. The van der Waals surface area contributed by atoms with Crippen LogP contribution in [-0.2, 0) is 12.0 Å². The van der Waals surface area contributed by atoms with Gasteiger partial charge in [0, 0.05) is 19.1 Å². The number of fused-ring (bicyclic) bond motifs is 1. The zero-order chi connectivity index (χ0) is 14.6. The van der Waals surface area contributed by atoms with Crippen LogP contribution in [0.1, 0.15) is 17.5 Å². The lowest BCUT2D eigenvalue weighted by atomic mass is 9.85. The molecule has 2 nitrogen and oxygen atoms in total. The minimum Gasteiger partial charge on any atom is -0.320 e. The first-order chi connectivity index (χ1) is 9.67. The Morgan fingerprint density at radius 3 is 2.40 bits per heavy atom. The van der Waals surface area contributed by atoms with E-state index in [4.69, 9.17) is 5.73 Å². The van der Waals surface area contributed by atoms with E-state index >= 15 is 0 Å². The topological polar surface area (TPSA) is 29.3 Å². The third-order valence-electron chi connectivity index (χ3n) is 4.18. The molecular formula is C18H24N2. The van der Waals surface area contributed by atoms with Crippen molar-refractivity contribution in [3.8, 4) is 0 Å². The second-order valence-corrected chi connectivity index (χ2v) is 5.44. The van der Waals surface area contributed by atoms with Crippen LogP contribution in [0.3, 0.4) is 0 Å². The Balaban J connectivity index is 2.40. The van der Waals surface area contributed by atoms with E-state index in [2.05, 4.69) is 48.9 Å². The molecule has 2 unspecified atom stereocenters. The van der Waals surface area contributed by atoms with Crippen molar-refractivity contribution in [1.29, 1.82) is 0 Å². The van der Waals surface area contributed by atoms with Crippen molar-refractivity contribution in [3.05, 3.63) is 73.4 Å². The first kappa shape index (κ1) is 14.8. The third kappa shape index (κ3) is 2.49. The molecule has 0 saturated carbocycles. The summed E-state index contributed by atoms with van der Waals surface area (Å²) in [7, 11) is 0. The lowest BCUT2D eigenvalue weighted by molar-refractivity contribution is 0.160. The Hall–Kier alpha value is -1.64. The summed E-state index contributed by atoms with van der Waals surface area (Å²) in [6, 6.07) is 8.74. The second-order valence-electron chi connectivity index (χ2n) is 5.44. The number of benzene rings is 1. The third-order valence-corrected chi connectivity index (χ3v) is 4.18. The lowest BCUT2D eigenvalue weighted by Gasteiger charge is -2.39. The van der Waals surface area contributed by atoms with Crippen LogP contribution in [0.2, 0.25) is 0 Å². The molecule has 1 aliphatic rings. The largest absolute Gasteiger partial charge is 0.320 e. The minimum atomic E-state index is -0.371. The van der Waals surface area contributed by atoms with E-state index in [1.165, 1.54) is 11.1 Å². The summed E-state index contributed by atoms with van der Waals surface area (Å²) >= 11 is 0. The maximum Gasteiger partial charge on any atom is 0.0608 e. The van der Waals surface area contributed by atoms with Crippen molar-refractivity contribution >= 4 is 0 Å². The predicted molar refractivity (Wildman–Crippen MR) is 86.6 cm³/mol. The fourth-order valence-corrected chi connectivity index (χ4v) is 3.32. The highest BCUT2D eigenvalue weighted by Gasteiger charge is 2.44. The van der Waals surface area contributed by atoms with Gasteiger partial charge >= 0.3 is 0 Å². The molecule has 2 heteroatoms. The fraction of sp³-hybridized carbons (Fsp3) is 0.333. The van der Waals surface area contributed by atoms with Crippen molar-refractivity contribution in [2.24, 2.45) is 5.73 Å². The predicted octanol–water partition coefficient (Wildman–Crippen LogP) is 3.02. The lowest BCUT2D eigenvalue weighted by Crippen LogP contribution is -2.53. The Bertz CT molecular complexity index is 496. The molecule has 2 N–H and O–H groups in total.